The SMILES string of the molecule is COc1cccc(-c2nccnc2C2CCCN(C(=O)Cc3ccncc3)C2)c1. The van der Waals surface area contributed by atoms with Crippen LogP contribution in [0, 0.1) is 0 Å². The summed E-state index contributed by atoms with van der Waals surface area (Å²) < 4.78 is 5.36. The molecule has 6 nitrogen and oxygen atoms in total. The first-order chi connectivity index (χ1) is 14.2. The molecule has 29 heavy (non-hydrogen) atoms. The number of hydrogen-bond donors (Lipinski definition) is 0. The average molecular weight is 388 g/mol. The van der Waals surface area contributed by atoms with Gasteiger partial charge in [0.15, 0.2) is 0 Å². The quantitative estimate of drug-likeness (QED) is 0.669. The van der Waals surface area contributed by atoms with E-state index >= 15 is 0 Å². The second-order valence-electron chi connectivity index (χ2n) is 7.23. The minimum atomic E-state index is 0.146. The van der Waals surface area contributed by atoms with Gasteiger partial charge in [-0.05, 0) is 42.7 Å². The molecule has 0 radical (unpaired) electrons. The highest BCUT2D eigenvalue weighted by molar-refractivity contribution is 5.79. The lowest BCUT2D eigenvalue weighted by atomic mass is 9.91. The van der Waals surface area contributed by atoms with Crippen LogP contribution in [0.4, 0.5) is 0 Å². The summed E-state index contributed by atoms with van der Waals surface area (Å²) in [6.07, 6.45) is 9.25. The van der Waals surface area contributed by atoms with Crippen molar-refractivity contribution in [2.24, 2.45) is 0 Å². The minimum Gasteiger partial charge on any atom is -0.497 e. The fraction of sp³-hybridized carbons (Fsp3) is 0.304. The summed E-state index contributed by atoms with van der Waals surface area (Å²) in [6, 6.07) is 11.7. The third-order valence-corrected chi connectivity index (χ3v) is 5.34. The molecule has 0 spiro atoms. The molecule has 148 valence electrons. The number of nitrogens with zero attached hydrogens (tertiary/aromatic N) is 4. The Bertz CT molecular complexity index is 977. The van der Waals surface area contributed by atoms with Crippen molar-refractivity contribution in [1.82, 2.24) is 19.9 Å². The lowest BCUT2D eigenvalue weighted by molar-refractivity contribution is -0.131. The molecular formula is C23H24N4O2. The van der Waals surface area contributed by atoms with Crippen LogP contribution in [0.2, 0.25) is 0 Å². The van der Waals surface area contributed by atoms with E-state index in [4.69, 9.17) is 4.74 Å². The van der Waals surface area contributed by atoms with Gasteiger partial charge in [-0.1, -0.05) is 12.1 Å². The highest BCUT2D eigenvalue weighted by Crippen LogP contribution is 2.33. The van der Waals surface area contributed by atoms with Crippen molar-refractivity contribution in [3.63, 3.8) is 0 Å². The van der Waals surface area contributed by atoms with E-state index in [-0.39, 0.29) is 11.8 Å². The number of methoxy groups -OCH3 is 1. The Morgan fingerprint density at radius 2 is 1.97 bits per heavy atom. The topological polar surface area (TPSA) is 68.2 Å². The van der Waals surface area contributed by atoms with Gasteiger partial charge in [0.1, 0.15) is 5.75 Å². The van der Waals surface area contributed by atoms with Crippen molar-refractivity contribution in [2.45, 2.75) is 25.2 Å². The van der Waals surface area contributed by atoms with Gasteiger partial charge < -0.3 is 9.64 Å². The lowest BCUT2D eigenvalue weighted by Gasteiger charge is -2.33. The summed E-state index contributed by atoms with van der Waals surface area (Å²) in [5.41, 5.74) is 3.78. The number of aromatic nitrogens is 3. The molecular weight excluding hydrogens is 364 g/mol. The number of likely N-dealkylation sites (tertiary alicyclic amines) is 1. The Morgan fingerprint density at radius 1 is 1.14 bits per heavy atom. The van der Waals surface area contributed by atoms with Gasteiger partial charge >= 0.3 is 0 Å². The van der Waals surface area contributed by atoms with E-state index in [1.54, 1.807) is 31.9 Å². The first-order valence-corrected chi connectivity index (χ1v) is 9.86. The van der Waals surface area contributed by atoms with Gasteiger partial charge in [-0.15, -0.1) is 0 Å². The Balaban J connectivity index is 1.55. The molecule has 1 fully saturated rings. The van der Waals surface area contributed by atoms with Crippen molar-refractivity contribution in [1.29, 1.82) is 0 Å². The zero-order chi connectivity index (χ0) is 20.1. The van der Waals surface area contributed by atoms with Crippen LogP contribution in [-0.2, 0) is 11.2 Å². The van der Waals surface area contributed by atoms with Crippen molar-refractivity contribution >= 4 is 5.91 Å². The van der Waals surface area contributed by atoms with Crippen LogP contribution >= 0.6 is 0 Å². The fourth-order valence-electron chi connectivity index (χ4n) is 3.85. The van der Waals surface area contributed by atoms with Crippen molar-refractivity contribution in [3.8, 4) is 17.0 Å². The first kappa shape index (κ1) is 19.1. The molecule has 0 bridgehead atoms. The molecule has 1 aliphatic rings. The Hall–Kier alpha value is -3.28. The Morgan fingerprint density at radius 3 is 2.79 bits per heavy atom. The molecule has 1 amide bonds. The van der Waals surface area contributed by atoms with Gasteiger partial charge in [-0.25, -0.2) is 0 Å². The van der Waals surface area contributed by atoms with Crippen LogP contribution in [-0.4, -0.2) is 46.0 Å². The molecule has 4 rings (SSSR count). The molecule has 1 unspecified atom stereocenters. The highest BCUT2D eigenvalue weighted by Gasteiger charge is 2.28. The maximum Gasteiger partial charge on any atom is 0.227 e. The standard InChI is InChI=1S/C23H24N4O2/c1-29-20-6-2-4-18(15-20)22-23(26-12-11-25-22)19-5-3-13-27(16-19)21(28)14-17-7-9-24-10-8-17/h2,4,6-12,15,19H,3,5,13-14,16H2,1H3. The smallest absolute Gasteiger partial charge is 0.227 e. The monoisotopic (exact) mass is 388 g/mol. The summed E-state index contributed by atoms with van der Waals surface area (Å²) in [7, 11) is 1.66. The third-order valence-electron chi connectivity index (χ3n) is 5.34. The zero-order valence-corrected chi connectivity index (χ0v) is 16.5. The second-order valence-corrected chi connectivity index (χ2v) is 7.23. The number of hydrogen-bond acceptors (Lipinski definition) is 5. The van der Waals surface area contributed by atoms with Crippen LogP contribution in [0.15, 0.2) is 61.2 Å². The highest BCUT2D eigenvalue weighted by atomic mass is 16.5. The molecule has 1 saturated heterocycles. The molecule has 6 heteroatoms. The van der Waals surface area contributed by atoms with Gasteiger partial charge in [0, 0.05) is 49.4 Å². The Kier molecular flexibility index (Phi) is 5.79. The lowest BCUT2D eigenvalue weighted by Crippen LogP contribution is -2.40. The van der Waals surface area contributed by atoms with Gasteiger partial charge in [0.05, 0.1) is 24.9 Å². The third kappa shape index (κ3) is 4.42. The van der Waals surface area contributed by atoms with E-state index < -0.39 is 0 Å². The second kappa shape index (κ2) is 8.82. The maximum atomic E-state index is 12.8. The zero-order valence-electron chi connectivity index (χ0n) is 16.5. The number of ether oxygens (including phenoxy) is 1. The largest absolute Gasteiger partial charge is 0.497 e. The number of benzene rings is 1. The van der Waals surface area contributed by atoms with E-state index in [2.05, 4.69) is 15.0 Å². The van der Waals surface area contributed by atoms with Gasteiger partial charge in [-0.3, -0.25) is 19.7 Å². The molecule has 1 aliphatic heterocycles. The summed E-state index contributed by atoms with van der Waals surface area (Å²) in [5.74, 6) is 1.10. The van der Waals surface area contributed by atoms with E-state index in [1.165, 1.54) is 0 Å². The summed E-state index contributed by atoms with van der Waals surface area (Å²) in [6.45, 7) is 1.45. The van der Waals surface area contributed by atoms with Gasteiger partial charge in [-0.2, -0.15) is 0 Å². The molecule has 1 aromatic carbocycles. The molecule has 3 aromatic rings. The van der Waals surface area contributed by atoms with Gasteiger partial charge in [0.25, 0.3) is 0 Å². The number of carbonyl (C=O) groups is 1. The summed E-state index contributed by atoms with van der Waals surface area (Å²) >= 11 is 0. The van der Waals surface area contributed by atoms with E-state index in [1.807, 2.05) is 41.3 Å². The predicted octanol–water partition coefficient (Wildman–Crippen LogP) is 3.50. The normalized spacial score (nSPS) is 16.4. The molecule has 3 heterocycles. The van der Waals surface area contributed by atoms with E-state index in [9.17, 15) is 4.79 Å². The molecule has 0 N–H and O–H groups in total. The van der Waals surface area contributed by atoms with Gasteiger partial charge in [0.2, 0.25) is 5.91 Å². The van der Waals surface area contributed by atoms with Crippen molar-refractivity contribution in [3.05, 3.63) is 72.4 Å². The van der Waals surface area contributed by atoms with Crippen LogP contribution < -0.4 is 4.74 Å². The number of rotatable bonds is 5. The van der Waals surface area contributed by atoms with E-state index in [0.29, 0.717) is 13.0 Å². The van der Waals surface area contributed by atoms with Crippen LogP contribution in [0.1, 0.15) is 30.0 Å². The average Bonchev–Trinajstić information content (AvgIpc) is 2.80. The fourth-order valence-corrected chi connectivity index (χ4v) is 3.85. The predicted molar refractivity (Wildman–Crippen MR) is 111 cm³/mol. The van der Waals surface area contributed by atoms with Crippen molar-refractivity contribution < 1.29 is 9.53 Å². The molecule has 0 saturated carbocycles. The minimum absolute atomic E-state index is 0.146. The number of carbonyl (C=O) groups excluding carboxylic acids is 1. The number of pyridine rings is 1. The van der Waals surface area contributed by atoms with Crippen LogP contribution in [0.5, 0.6) is 5.75 Å². The number of piperidine rings is 1. The van der Waals surface area contributed by atoms with E-state index in [0.717, 1.165) is 47.7 Å². The Labute approximate surface area is 170 Å². The molecule has 1 atom stereocenters. The maximum absolute atomic E-state index is 12.8. The number of amides is 1. The van der Waals surface area contributed by atoms with Crippen LogP contribution in [0.25, 0.3) is 11.3 Å². The van der Waals surface area contributed by atoms with Crippen LogP contribution in [0.3, 0.4) is 0 Å². The molecule has 0 aliphatic carbocycles. The van der Waals surface area contributed by atoms with Crippen molar-refractivity contribution in [2.75, 3.05) is 20.2 Å². The summed E-state index contributed by atoms with van der Waals surface area (Å²) in [4.78, 5) is 28.1. The molecule has 2 aromatic heterocycles. The first-order valence-electron chi connectivity index (χ1n) is 9.86. The summed E-state index contributed by atoms with van der Waals surface area (Å²) in [5, 5.41) is 0.